The van der Waals surface area contributed by atoms with Crippen molar-refractivity contribution in [2.75, 3.05) is 6.54 Å². The topological polar surface area (TPSA) is 38.0 Å². The van der Waals surface area contributed by atoms with Crippen molar-refractivity contribution >= 4 is 0 Å². The van der Waals surface area contributed by atoms with Crippen LogP contribution in [0.5, 0.6) is 0 Å². The van der Waals surface area contributed by atoms with E-state index in [1.165, 1.54) is 44.9 Å². The normalized spacial score (nSPS) is 20.2. The molecular weight excluding hydrogens is 184 g/mol. The van der Waals surface area contributed by atoms with Crippen LogP contribution in [-0.4, -0.2) is 18.1 Å². The number of hydrogen-bond donors (Lipinski definition) is 2. The molecule has 0 aliphatic heterocycles. The maximum absolute atomic E-state index is 5.95. The van der Waals surface area contributed by atoms with E-state index in [0.717, 1.165) is 19.0 Å². The molecular formula is C13H28N2. The van der Waals surface area contributed by atoms with Gasteiger partial charge in [-0.2, -0.15) is 0 Å². The monoisotopic (exact) mass is 212 g/mol. The zero-order valence-corrected chi connectivity index (χ0v) is 10.5. The van der Waals surface area contributed by atoms with E-state index in [4.69, 9.17) is 5.73 Å². The van der Waals surface area contributed by atoms with Crippen molar-refractivity contribution in [3.8, 4) is 0 Å². The largest absolute Gasteiger partial charge is 0.326 e. The van der Waals surface area contributed by atoms with E-state index in [2.05, 4.69) is 19.2 Å². The first kappa shape index (κ1) is 13.0. The molecule has 1 saturated carbocycles. The van der Waals surface area contributed by atoms with Crippen molar-refractivity contribution < 1.29 is 0 Å². The molecule has 0 heterocycles. The van der Waals surface area contributed by atoms with E-state index in [9.17, 15) is 0 Å². The fourth-order valence-corrected chi connectivity index (χ4v) is 2.33. The van der Waals surface area contributed by atoms with Gasteiger partial charge in [0.15, 0.2) is 0 Å². The molecule has 0 atom stereocenters. The lowest BCUT2D eigenvalue weighted by Gasteiger charge is -2.20. The molecule has 0 bridgehead atoms. The summed E-state index contributed by atoms with van der Waals surface area (Å²) in [6.45, 7) is 5.36. The maximum Gasteiger partial charge on any atom is 0.00975 e. The molecule has 2 nitrogen and oxygen atoms in total. The maximum atomic E-state index is 5.95. The van der Waals surface area contributed by atoms with E-state index < -0.39 is 0 Å². The summed E-state index contributed by atoms with van der Waals surface area (Å²) in [4.78, 5) is 0. The lowest BCUT2D eigenvalue weighted by atomic mass is 10.00. The molecule has 1 aliphatic carbocycles. The van der Waals surface area contributed by atoms with E-state index in [-0.39, 0.29) is 5.54 Å². The van der Waals surface area contributed by atoms with Crippen LogP contribution in [-0.2, 0) is 0 Å². The molecule has 0 saturated heterocycles. The summed E-state index contributed by atoms with van der Waals surface area (Å²) in [5.41, 5.74) is 5.96. The van der Waals surface area contributed by atoms with Crippen molar-refractivity contribution in [3.63, 3.8) is 0 Å². The summed E-state index contributed by atoms with van der Waals surface area (Å²) in [5.74, 6) is 0. The molecule has 1 aliphatic rings. The van der Waals surface area contributed by atoms with Gasteiger partial charge in [0.2, 0.25) is 0 Å². The second-order valence-corrected chi connectivity index (χ2v) is 5.73. The second kappa shape index (κ2) is 6.49. The molecule has 0 spiro atoms. The van der Waals surface area contributed by atoms with Crippen LogP contribution in [0.1, 0.15) is 65.2 Å². The predicted octanol–water partition coefficient (Wildman–Crippen LogP) is 2.82. The van der Waals surface area contributed by atoms with Gasteiger partial charge in [-0.3, -0.25) is 0 Å². The number of nitrogens with two attached hydrogens (primary N) is 1. The summed E-state index contributed by atoms with van der Waals surface area (Å²) in [6.07, 6.45) is 10.8. The van der Waals surface area contributed by atoms with Gasteiger partial charge in [-0.05, 0) is 46.1 Å². The molecule has 0 aromatic rings. The van der Waals surface area contributed by atoms with E-state index in [1.807, 2.05) is 0 Å². The van der Waals surface area contributed by atoms with Crippen LogP contribution in [0.4, 0.5) is 0 Å². The highest BCUT2D eigenvalue weighted by molar-refractivity contribution is 4.74. The minimum atomic E-state index is 0.00509. The molecule has 90 valence electrons. The lowest BCUT2D eigenvalue weighted by Crippen LogP contribution is -2.34. The summed E-state index contributed by atoms with van der Waals surface area (Å²) in [5, 5.41) is 3.68. The van der Waals surface area contributed by atoms with Crippen LogP contribution >= 0.6 is 0 Å². The van der Waals surface area contributed by atoms with Gasteiger partial charge in [0.1, 0.15) is 0 Å². The molecule has 1 fully saturated rings. The molecule has 0 aromatic heterocycles. The van der Waals surface area contributed by atoms with Crippen LogP contribution in [0.25, 0.3) is 0 Å². The van der Waals surface area contributed by atoms with Gasteiger partial charge in [0.25, 0.3) is 0 Å². The van der Waals surface area contributed by atoms with Crippen molar-refractivity contribution in [3.05, 3.63) is 0 Å². The Labute approximate surface area is 95.0 Å². The third kappa shape index (κ3) is 6.91. The Morgan fingerprint density at radius 1 is 1.13 bits per heavy atom. The first-order chi connectivity index (χ1) is 7.08. The molecule has 0 amide bonds. The van der Waals surface area contributed by atoms with Crippen molar-refractivity contribution in [1.29, 1.82) is 0 Å². The molecule has 15 heavy (non-hydrogen) atoms. The number of hydrogen-bond acceptors (Lipinski definition) is 2. The Kier molecular flexibility index (Phi) is 5.62. The predicted molar refractivity (Wildman–Crippen MR) is 67.0 cm³/mol. The van der Waals surface area contributed by atoms with E-state index in [1.54, 1.807) is 0 Å². The van der Waals surface area contributed by atoms with Gasteiger partial charge < -0.3 is 11.1 Å². The molecule has 0 unspecified atom stereocenters. The van der Waals surface area contributed by atoms with Crippen molar-refractivity contribution in [2.24, 2.45) is 5.73 Å². The van der Waals surface area contributed by atoms with Gasteiger partial charge in [-0.15, -0.1) is 0 Å². The first-order valence-corrected chi connectivity index (χ1v) is 6.60. The van der Waals surface area contributed by atoms with Crippen molar-refractivity contribution in [2.45, 2.75) is 76.8 Å². The van der Waals surface area contributed by atoms with E-state index in [0.29, 0.717) is 0 Å². The molecule has 3 N–H and O–H groups in total. The Hall–Kier alpha value is -0.0800. The van der Waals surface area contributed by atoms with Gasteiger partial charge in [0.05, 0.1) is 0 Å². The Morgan fingerprint density at radius 3 is 2.27 bits per heavy atom. The van der Waals surface area contributed by atoms with Gasteiger partial charge in [0, 0.05) is 11.6 Å². The second-order valence-electron chi connectivity index (χ2n) is 5.73. The first-order valence-electron chi connectivity index (χ1n) is 6.60. The fourth-order valence-electron chi connectivity index (χ4n) is 2.33. The average Bonchev–Trinajstić information content (AvgIpc) is 2.39. The van der Waals surface area contributed by atoms with E-state index >= 15 is 0 Å². The molecule has 1 rings (SSSR count). The van der Waals surface area contributed by atoms with Crippen LogP contribution in [0.2, 0.25) is 0 Å². The van der Waals surface area contributed by atoms with Crippen LogP contribution in [0.3, 0.4) is 0 Å². The SMILES string of the molecule is CC(C)(N)CCCNC1CCCCCC1. The summed E-state index contributed by atoms with van der Waals surface area (Å²) < 4.78 is 0. The molecule has 0 radical (unpaired) electrons. The fraction of sp³-hybridized carbons (Fsp3) is 1.00. The van der Waals surface area contributed by atoms with Gasteiger partial charge >= 0.3 is 0 Å². The lowest BCUT2D eigenvalue weighted by molar-refractivity contribution is 0.412. The standard InChI is InChI=1S/C13H28N2/c1-13(2,14)10-7-11-15-12-8-5-3-4-6-9-12/h12,15H,3-11,14H2,1-2H3. The average molecular weight is 212 g/mol. The molecule has 0 aromatic carbocycles. The third-order valence-electron chi connectivity index (χ3n) is 3.29. The zero-order valence-electron chi connectivity index (χ0n) is 10.5. The minimum Gasteiger partial charge on any atom is -0.326 e. The van der Waals surface area contributed by atoms with Crippen LogP contribution < -0.4 is 11.1 Å². The Bertz CT molecular complexity index is 152. The van der Waals surface area contributed by atoms with Gasteiger partial charge in [-0.1, -0.05) is 25.7 Å². The minimum absolute atomic E-state index is 0.00509. The molecule has 2 heteroatoms. The summed E-state index contributed by atoms with van der Waals surface area (Å²) in [6, 6.07) is 0.786. The third-order valence-corrected chi connectivity index (χ3v) is 3.29. The smallest absolute Gasteiger partial charge is 0.00975 e. The highest BCUT2D eigenvalue weighted by Gasteiger charge is 2.12. The van der Waals surface area contributed by atoms with Crippen LogP contribution in [0, 0.1) is 0 Å². The number of nitrogens with one attached hydrogen (secondary N) is 1. The highest BCUT2D eigenvalue weighted by atomic mass is 14.9. The Morgan fingerprint density at radius 2 is 1.73 bits per heavy atom. The number of rotatable bonds is 5. The Balaban J connectivity index is 2.03. The van der Waals surface area contributed by atoms with Gasteiger partial charge in [-0.25, -0.2) is 0 Å². The summed E-state index contributed by atoms with van der Waals surface area (Å²) >= 11 is 0. The summed E-state index contributed by atoms with van der Waals surface area (Å²) in [7, 11) is 0. The quantitative estimate of drug-likeness (QED) is 0.543. The highest BCUT2D eigenvalue weighted by Crippen LogP contribution is 2.17. The van der Waals surface area contributed by atoms with Crippen LogP contribution in [0.15, 0.2) is 0 Å². The zero-order chi connectivity index (χ0) is 11.1. The van der Waals surface area contributed by atoms with Crippen molar-refractivity contribution in [1.82, 2.24) is 5.32 Å².